The van der Waals surface area contributed by atoms with E-state index in [4.69, 9.17) is 26.2 Å². The topological polar surface area (TPSA) is 122 Å². The quantitative estimate of drug-likeness (QED) is 0.182. The fraction of sp³-hybridized carbons (Fsp3) is 0.355. The van der Waals surface area contributed by atoms with E-state index in [-0.39, 0.29) is 12.5 Å². The molecule has 1 aliphatic heterocycles. The van der Waals surface area contributed by atoms with Crippen LogP contribution in [0, 0.1) is 5.92 Å². The van der Waals surface area contributed by atoms with Gasteiger partial charge in [0, 0.05) is 35.2 Å². The molecule has 3 N–H and O–H groups in total. The number of benzene rings is 2. The normalized spacial score (nSPS) is 14.1. The Hall–Kier alpha value is -3.99. The van der Waals surface area contributed by atoms with Crippen LogP contribution in [-0.4, -0.2) is 70.8 Å². The predicted molar refractivity (Wildman–Crippen MR) is 164 cm³/mol. The number of pyridine rings is 1. The molecule has 1 fully saturated rings. The summed E-state index contributed by atoms with van der Waals surface area (Å²) in [4.78, 5) is 28.2. The molecule has 220 valence electrons. The number of fused-ring (bicyclic) bond motifs is 1. The molecule has 42 heavy (non-hydrogen) atoms. The molecule has 0 atom stereocenters. The van der Waals surface area contributed by atoms with E-state index >= 15 is 0 Å². The minimum atomic E-state index is -0.295. The van der Waals surface area contributed by atoms with Gasteiger partial charge in [0.05, 0.1) is 31.1 Å². The van der Waals surface area contributed by atoms with Crippen molar-refractivity contribution < 1.29 is 19.4 Å². The zero-order valence-electron chi connectivity index (χ0n) is 23.6. The highest BCUT2D eigenvalue weighted by Crippen LogP contribution is 2.35. The molecule has 1 aliphatic rings. The lowest BCUT2D eigenvalue weighted by Gasteiger charge is -2.31. The molecule has 0 bridgehead atoms. The first-order chi connectivity index (χ1) is 20.5. The first-order valence-electron chi connectivity index (χ1n) is 14.1. The zero-order valence-corrected chi connectivity index (χ0v) is 24.3. The Bertz CT molecular complexity index is 1500. The van der Waals surface area contributed by atoms with Gasteiger partial charge in [-0.2, -0.15) is 0 Å². The van der Waals surface area contributed by atoms with E-state index < -0.39 is 0 Å². The van der Waals surface area contributed by atoms with Crippen molar-refractivity contribution in [1.29, 1.82) is 0 Å². The minimum absolute atomic E-state index is 0.284. The summed E-state index contributed by atoms with van der Waals surface area (Å²) >= 11 is 5.99. The highest BCUT2D eigenvalue weighted by molar-refractivity contribution is 6.31. The molecule has 2 aromatic carbocycles. The molecule has 5 rings (SSSR count). The van der Waals surface area contributed by atoms with Gasteiger partial charge in [-0.1, -0.05) is 17.7 Å². The Morgan fingerprint density at radius 3 is 2.69 bits per heavy atom. The van der Waals surface area contributed by atoms with Crippen LogP contribution in [0.5, 0.6) is 11.5 Å². The number of hydrogen-bond donors (Lipinski definition) is 3. The van der Waals surface area contributed by atoms with Crippen molar-refractivity contribution in [3.8, 4) is 11.5 Å². The van der Waals surface area contributed by atoms with Gasteiger partial charge >= 0.3 is 0 Å². The Morgan fingerprint density at radius 2 is 1.95 bits per heavy atom. The molecule has 3 heterocycles. The van der Waals surface area contributed by atoms with Crippen LogP contribution in [0.25, 0.3) is 10.9 Å². The van der Waals surface area contributed by atoms with Crippen LogP contribution in [0.2, 0.25) is 5.02 Å². The third-order valence-corrected chi connectivity index (χ3v) is 7.63. The summed E-state index contributed by atoms with van der Waals surface area (Å²) in [5, 5.41) is 16.5. The highest BCUT2D eigenvalue weighted by atomic mass is 35.5. The second-order valence-corrected chi connectivity index (χ2v) is 10.7. The number of halogens is 1. The average molecular weight is 591 g/mol. The summed E-state index contributed by atoms with van der Waals surface area (Å²) in [6.45, 7) is 3.99. The number of aromatic nitrogens is 3. The van der Waals surface area contributed by atoms with E-state index in [2.05, 4.69) is 30.5 Å². The third-order valence-electron chi connectivity index (χ3n) is 7.40. The van der Waals surface area contributed by atoms with Crippen molar-refractivity contribution in [2.45, 2.75) is 25.7 Å². The van der Waals surface area contributed by atoms with E-state index in [1.807, 2.05) is 12.1 Å². The average Bonchev–Trinajstić information content (AvgIpc) is 3.01. The zero-order chi connectivity index (χ0) is 29.3. The van der Waals surface area contributed by atoms with Gasteiger partial charge in [-0.3, -0.25) is 4.79 Å². The number of aliphatic hydroxyl groups excluding tert-OH is 1. The third kappa shape index (κ3) is 7.64. The van der Waals surface area contributed by atoms with Crippen molar-refractivity contribution in [1.82, 2.24) is 19.9 Å². The SMILES string of the molecule is COc1cc2c(Nc3ccc(NC(=O)c4cccc(Cl)c4)nc3)ncnc2cc1OCCCN1CCC(CCO)CC1. The number of likely N-dealkylation sites (tertiary alicyclic amines) is 1. The summed E-state index contributed by atoms with van der Waals surface area (Å²) in [6, 6.07) is 14.0. The summed E-state index contributed by atoms with van der Waals surface area (Å²) in [7, 11) is 1.61. The monoisotopic (exact) mass is 590 g/mol. The highest BCUT2D eigenvalue weighted by Gasteiger charge is 2.18. The number of nitrogens with one attached hydrogen (secondary N) is 2. The smallest absolute Gasteiger partial charge is 0.256 e. The van der Waals surface area contributed by atoms with Crippen LogP contribution < -0.4 is 20.1 Å². The molecule has 4 aromatic rings. The maximum atomic E-state index is 12.5. The largest absolute Gasteiger partial charge is 0.493 e. The number of anilines is 3. The summed E-state index contributed by atoms with van der Waals surface area (Å²) in [5.74, 6) is 2.59. The van der Waals surface area contributed by atoms with Gasteiger partial charge in [0.25, 0.3) is 5.91 Å². The molecule has 0 unspecified atom stereocenters. The van der Waals surface area contributed by atoms with E-state index in [0.29, 0.717) is 57.4 Å². The van der Waals surface area contributed by atoms with Gasteiger partial charge in [0.1, 0.15) is 18.0 Å². The molecule has 11 heteroatoms. The molecule has 1 saturated heterocycles. The van der Waals surface area contributed by atoms with Crippen molar-refractivity contribution in [3.05, 3.63) is 71.6 Å². The fourth-order valence-electron chi connectivity index (χ4n) is 5.08. The number of methoxy groups -OCH3 is 1. The van der Waals surface area contributed by atoms with E-state index in [1.54, 1.807) is 49.7 Å². The van der Waals surface area contributed by atoms with Gasteiger partial charge in [-0.25, -0.2) is 15.0 Å². The van der Waals surface area contributed by atoms with Gasteiger partial charge in [-0.15, -0.1) is 0 Å². The van der Waals surface area contributed by atoms with Crippen LogP contribution in [0.4, 0.5) is 17.3 Å². The molecule has 0 radical (unpaired) electrons. The van der Waals surface area contributed by atoms with Crippen molar-refractivity contribution in [2.24, 2.45) is 5.92 Å². The number of nitrogens with zero attached hydrogens (tertiary/aromatic N) is 4. The summed E-state index contributed by atoms with van der Waals surface area (Å²) in [5.41, 5.74) is 1.86. The molecule has 1 amide bonds. The van der Waals surface area contributed by atoms with Gasteiger partial charge in [-0.05, 0) is 81.1 Å². The van der Waals surface area contributed by atoms with E-state index in [1.165, 1.54) is 6.33 Å². The maximum Gasteiger partial charge on any atom is 0.256 e. The molecular formula is C31H35ClN6O4. The van der Waals surface area contributed by atoms with Crippen LogP contribution in [0.15, 0.2) is 61.1 Å². The lowest BCUT2D eigenvalue weighted by atomic mass is 9.94. The van der Waals surface area contributed by atoms with Crippen molar-refractivity contribution in [3.63, 3.8) is 0 Å². The van der Waals surface area contributed by atoms with Gasteiger partial charge in [0.2, 0.25) is 0 Å². The molecule has 2 aromatic heterocycles. The number of carbonyl (C=O) groups is 1. The van der Waals surface area contributed by atoms with Crippen LogP contribution in [0.3, 0.4) is 0 Å². The van der Waals surface area contributed by atoms with Crippen LogP contribution in [-0.2, 0) is 0 Å². The Morgan fingerprint density at radius 1 is 1.10 bits per heavy atom. The number of hydrogen-bond acceptors (Lipinski definition) is 9. The first kappa shape index (κ1) is 29.5. The van der Waals surface area contributed by atoms with Gasteiger partial charge < -0.3 is 30.1 Å². The number of piperidine rings is 1. The van der Waals surface area contributed by atoms with E-state index in [9.17, 15) is 4.79 Å². The lowest BCUT2D eigenvalue weighted by molar-refractivity contribution is 0.102. The van der Waals surface area contributed by atoms with E-state index in [0.717, 1.165) is 50.7 Å². The lowest BCUT2D eigenvalue weighted by Crippen LogP contribution is -2.35. The summed E-state index contributed by atoms with van der Waals surface area (Å²) in [6.07, 6.45) is 7.23. The second-order valence-electron chi connectivity index (χ2n) is 10.3. The first-order valence-corrected chi connectivity index (χ1v) is 14.5. The minimum Gasteiger partial charge on any atom is -0.493 e. The molecule has 0 spiro atoms. The van der Waals surface area contributed by atoms with Crippen molar-refractivity contribution >= 4 is 45.7 Å². The number of amides is 1. The number of aliphatic hydroxyl groups is 1. The molecule has 0 saturated carbocycles. The molecule has 0 aliphatic carbocycles. The Balaban J connectivity index is 1.19. The molecule has 10 nitrogen and oxygen atoms in total. The second kappa shape index (κ2) is 14.3. The maximum absolute atomic E-state index is 12.5. The summed E-state index contributed by atoms with van der Waals surface area (Å²) < 4.78 is 11.7. The fourth-order valence-corrected chi connectivity index (χ4v) is 5.27. The Labute approximate surface area is 250 Å². The Kier molecular flexibility index (Phi) is 10.0. The van der Waals surface area contributed by atoms with Crippen molar-refractivity contribution in [2.75, 3.05) is 50.6 Å². The predicted octanol–water partition coefficient (Wildman–Crippen LogP) is 5.55. The van der Waals surface area contributed by atoms with Crippen LogP contribution >= 0.6 is 11.6 Å². The number of carbonyl (C=O) groups excluding carboxylic acids is 1. The van der Waals surface area contributed by atoms with Gasteiger partial charge in [0.15, 0.2) is 11.5 Å². The van der Waals surface area contributed by atoms with Crippen LogP contribution in [0.1, 0.15) is 36.0 Å². The number of ether oxygens (including phenoxy) is 2. The standard InChI is InChI=1S/C31H35ClN6O4/c1-41-27-17-25-26(18-28(27)42-15-3-11-38-12-8-21(9-13-38)10-14-39)34-20-35-30(25)36-24-6-7-29(33-19-24)37-31(40)22-4-2-5-23(32)16-22/h2,4-7,16-21,39H,3,8-15H2,1H3,(H,33,37,40)(H,34,35,36). The number of rotatable bonds is 12. The molecular weight excluding hydrogens is 556 g/mol.